The topological polar surface area (TPSA) is 89.9 Å². The second-order valence-electron chi connectivity index (χ2n) is 3.84. The van der Waals surface area contributed by atoms with E-state index < -0.39 is 11.9 Å². The molecule has 108 valence electrons. The van der Waals surface area contributed by atoms with Crippen LogP contribution in [0.3, 0.4) is 0 Å². The number of hydrogen-bond donors (Lipinski definition) is 1. The van der Waals surface area contributed by atoms with Crippen LogP contribution in [0.4, 0.5) is 0 Å². The van der Waals surface area contributed by atoms with Crippen LogP contribution in [0.1, 0.15) is 39.0 Å². The van der Waals surface area contributed by atoms with Crippen LogP contribution < -0.4 is 0 Å². The highest BCUT2D eigenvalue weighted by molar-refractivity contribution is 5.81. The van der Waals surface area contributed by atoms with Gasteiger partial charge in [0.15, 0.2) is 0 Å². The van der Waals surface area contributed by atoms with E-state index in [1.54, 1.807) is 13.0 Å². The Morgan fingerprint density at radius 2 is 1.63 bits per heavy atom. The van der Waals surface area contributed by atoms with Gasteiger partial charge in [-0.25, -0.2) is 4.79 Å². The molecule has 0 atom stereocenters. The summed E-state index contributed by atoms with van der Waals surface area (Å²) in [4.78, 5) is 32.3. The smallest absolute Gasteiger partial charge is 0.330 e. The van der Waals surface area contributed by atoms with Gasteiger partial charge in [-0.3, -0.25) is 9.59 Å². The van der Waals surface area contributed by atoms with Gasteiger partial charge in [0.2, 0.25) is 0 Å². The van der Waals surface area contributed by atoms with Crippen LogP contribution in [0.5, 0.6) is 0 Å². The van der Waals surface area contributed by atoms with Crippen LogP contribution >= 0.6 is 0 Å². The molecule has 0 radical (unpaired) electrons. The van der Waals surface area contributed by atoms with Gasteiger partial charge in [-0.1, -0.05) is 6.08 Å². The molecule has 0 spiro atoms. The molecule has 0 bridgehead atoms. The van der Waals surface area contributed by atoms with Crippen molar-refractivity contribution < 1.29 is 29.0 Å². The van der Waals surface area contributed by atoms with Gasteiger partial charge < -0.3 is 14.6 Å². The number of carbonyl (C=O) groups is 3. The van der Waals surface area contributed by atoms with Gasteiger partial charge in [-0.05, 0) is 26.2 Å². The standard InChI is InChI=1S/C13H20O6/c1-2-6-12(16)18-9-3-4-10-19-13(17)8-5-7-11(14)15/h2,6H,3-5,7-10H2,1H3,(H,14,15). The van der Waals surface area contributed by atoms with Crippen LogP contribution in [0, 0.1) is 0 Å². The summed E-state index contributed by atoms with van der Waals surface area (Å²) in [6.45, 7) is 2.28. The molecule has 0 aliphatic heterocycles. The number of allylic oxidation sites excluding steroid dienone is 1. The summed E-state index contributed by atoms with van der Waals surface area (Å²) in [5.41, 5.74) is 0. The molecule has 0 rings (SSSR count). The third-order valence-corrected chi connectivity index (χ3v) is 2.12. The number of carboxylic acid groups (broad SMARTS) is 1. The van der Waals surface area contributed by atoms with Crippen molar-refractivity contribution in [2.24, 2.45) is 0 Å². The average Bonchev–Trinajstić information content (AvgIpc) is 2.33. The molecular weight excluding hydrogens is 252 g/mol. The Bertz CT molecular complexity index is 321. The average molecular weight is 272 g/mol. The lowest BCUT2D eigenvalue weighted by atomic mass is 10.2. The summed E-state index contributed by atoms with van der Waals surface area (Å²) in [5.74, 6) is -1.70. The highest BCUT2D eigenvalue weighted by Crippen LogP contribution is 1.99. The van der Waals surface area contributed by atoms with E-state index in [0.717, 1.165) is 0 Å². The van der Waals surface area contributed by atoms with E-state index >= 15 is 0 Å². The predicted molar refractivity (Wildman–Crippen MR) is 67.5 cm³/mol. The normalized spacial score (nSPS) is 10.4. The Balaban J connectivity index is 3.36. The molecule has 0 aliphatic carbocycles. The van der Waals surface area contributed by atoms with Crippen LogP contribution in [0.2, 0.25) is 0 Å². The maximum atomic E-state index is 11.1. The zero-order valence-electron chi connectivity index (χ0n) is 11.1. The zero-order valence-corrected chi connectivity index (χ0v) is 11.1. The number of hydrogen-bond acceptors (Lipinski definition) is 5. The molecule has 0 aromatic carbocycles. The Hall–Kier alpha value is -1.85. The van der Waals surface area contributed by atoms with E-state index in [4.69, 9.17) is 14.6 Å². The molecular formula is C13H20O6. The van der Waals surface area contributed by atoms with Gasteiger partial charge in [0.1, 0.15) is 0 Å². The number of esters is 2. The molecule has 0 saturated heterocycles. The largest absolute Gasteiger partial charge is 0.481 e. The lowest BCUT2D eigenvalue weighted by molar-refractivity contribution is -0.145. The highest BCUT2D eigenvalue weighted by atomic mass is 16.5. The van der Waals surface area contributed by atoms with Crippen molar-refractivity contribution in [1.29, 1.82) is 0 Å². The third kappa shape index (κ3) is 12.4. The number of unbranched alkanes of at least 4 members (excludes halogenated alkanes) is 1. The monoisotopic (exact) mass is 272 g/mol. The van der Waals surface area contributed by atoms with Crippen molar-refractivity contribution in [2.75, 3.05) is 13.2 Å². The first-order valence-corrected chi connectivity index (χ1v) is 6.23. The molecule has 0 amide bonds. The number of ether oxygens (including phenoxy) is 2. The molecule has 0 unspecified atom stereocenters. The Kier molecular flexibility index (Phi) is 10.2. The molecule has 0 heterocycles. The van der Waals surface area contributed by atoms with E-state index in [0.29, 0.717) is 19.4 Å². The van der Waals surface area contributed by atoms with Gasteiger partial charge in [-0.15, -0.1) is 0 Å². The van der Waals surface area contributed by atoms with Crippen LogP contribution in [-0.2, 0) is 23.9 Å². The first kappa shape index (κ1) is 17.2. The van der Waals surface area contributed by atoms with E-state index in [1.165, 1.54) is 6.08 Å². The van der Waals surface area contributed by atoms with Gasteiger partial charge in [0.25, 0.3) is 0 Å². The van der Waals surface area contributed by atoms with Crippen molar-refractivity contribution in [3.05, 3.63) is 12.2 Å². The number of aliphatic carboxylic acids is 1. The molecule has 6 heteroatoms. The molecule has 0 aliphatic rings. The quantitative estimate of drug-likeness (QED) is 0.370. The molecule has 1 N–H and O–H groups in total. The van der Waals surface area contributed by atoms with Crippen LogP contribution in [0.15, 0.2) is 12.2 Å². The summed E-state index contributed by atoms with van der Waals surface area (Å²) in [6, 6.07) is 0. The minimum atomic E-state index is -0.921. The molecule has 0 aromatic heterocycles. The second kappa shape index (κ2) is 11.3. The number of rotatable bonds is 10. The number of carboxylic acids is 1. The van der Waals surface area contributed by atoms with Gasteiger partial charge >= 0.3 is 17.9 Å². The molecule has 0 fully saturated rings. The van der Waals surface area contributed by atoms with E-state index in [1.807, 2.05) is 0 Å². The first-order chi connectivity index (χ1) is 9.06. The van der Waals surface area contributed by atoms with Crippen LogP contribution in [0.25, 0.3) is 0 Å². The fourth-order valence-electron chi connectivity index (χ4n) is 1.20. The lowest BCUT2D eigenvalue weighted by Gasteiger charge is -2.04. The fourth-order valence-corrected chi connectivity index (χ4v) is 1.20. The molecule has 6 nitrogen and oxygen atoms in total. The first-order valence-electron chi connectivity index (χ1n) is 6.23. The van der Waals surface area contributed by atoms with E-state index in [-0.39, 0.29) is 31.8 Å². The Morgan fingerprint density at radius 3 is 2.21 bits per heavy atom. The SMILES string of the molecule is CC=CC(=O)OCCCCOC(=O)CCCC(=O)O. The van der Waals surface area contributed by atoms with E-state index in [2.05, 4.69) is 0 Å². The van der Waals surface area contributed by atoms with Crippen molar-refractivity contribution in [2.45, 2.75) is 39.0 Å². The van der Waals surface area contributed by atoms with Gasteiger partial charge in [0.05, 0.1) is 13.2 Å². The van der Waals surface area contributed by atoms with Crippen molar-refractivity contribution in [3.8, 4) is 0 Å². The molecule has 0 saturated carbocycles. The van der Waals surface area contributed by atoms with Gasteiger partial charge in [0, 0.05) is 18.9 Å². The summed E-state index contributed by atoms with van der Waals surface area (Å²) < 4.78 is 9.74. The predicted octanol–water partition coefficient (Wildman–Crippen LogP) is 1.68. The van der Waals surface area contributed by atoms with Crippen molar-refractivity contribution >= 4 is 17.9 Å². The number of carbonyl (C=O) groups excluding carboxylic acids is 2. The summed E-state index contributed by atoms with van der Waals surface area (Å²) in [5, 5.41) is 8.38. The maximum absolute atomic E-state index is 11.1. The Labute approximate surface area is 112 Å². The highest BCUT2D eigenvalue weighted by Gasteiger charge is 2.04. The minimum Gasteiger partial charge on any atom is -0.481 e. The summed E-state index contributed by atoms with van der Waals surface area (Å²) >= 11 is 0. The summed E-state index contributed by atoms with van der Waals surface area (Å²) in [7, 11) is 0. The van der Waals surface area contributed by atoms with E-state index in [9.17, 15) is 14.4 Å². The zero-order chi connectivity index (χ0) is 14.5. The molecule has 19 heavy (non-hydrogen) atoms. The van der Waals surface area contributed by atoms with Gasteiger partial charge in [-0.2, -0.15) is 0 Å². The summed E-state index contributed by atoms with van der Waals surface area (Å²) in [6.07, 6.45) is 4.52. The minimum absolute atomic E-state index is 0.0317. The fraction of sp³-hybridized carbons (Fsp3) is 0.615. The second-order valence-corrected chi connectivity index (χ2v) is 3.84. The third-order valence-electron chi connectivity index (χ3n) is 2.12. The van der Waals surface area contributed by atoms with Crippen molar-refractivity contribution in [3.63, 3.8) is 0 Å². The molecule has 0 aromatic rings. The maximum Gasteiger partial charge on any atom is 0.330 e. The van der Waals surface area contributed by atoms with Crippen LogP contribution in [-0.4, -0.2) is 36.2 Å². The van der Waals surface area contributed by atoms with Crippen molar-refractivity contribution in [1.82, 2.24) is 0 Å². The lowest BCUT2D eigenvalue weighted by Crippen LogP contribution is -2.08. The Morgan fingerprint density at radius 1 is 1.00 bits per heavy atom.